The van der Waals surface area contributed by atoms with E-state index in [-0.39, 0.29) is 12.2 Å². The van der Waals surface area contributed by atoms with Crippen LogP contribution in [0.5, 0.6) is 5.75 Å². The number of carbonyl (C=O) groups is 1. The van der Waals surface area contributed by atoms with Crippen molar-refractivity contribution in [1.29, 1.82) is 0 Å². The molecule has 0 spiro atoms. The van der Waals surface area contributed by atoms with Gasteiger partial charge in [0, 0.05) is 17.2 Å². The molecule has 0 bridgehead atoms. The topological polar surface area (TPSA) is 57.0 Å². The molecule has 0 radical (unpaired) electrons. The number of hydrogen-bond acceptors (Lipinski definition) is 5. The van der Waals surface area contributed by atoms with Gasteiger partial charge in [-0.25, -0.2) is 9.67 Å². The molecule has 1 aromatic heterocycles. The lowest BCUT2D eigenvalue weighted by molar-refractivity contribution is -0.124. The zero-order valence-corrected chi connectivity index (χ0v) is 12.0. The molecule has 1 aliphatic rings. The number of nitrogens with zero attached hydrogens (tertiary/aromatic N) is 3. The summed E-state index contributed by atoms with van der Waals surface area (Å²) < 4.78 is 7.53. The van der Waals surface area contributed by atoms with Crippen molar-refractivity contribution in [3.63, 3.8) is 0 Å². The van der Waals surface area contributed by atoms with E-state index in [1.54, 1.807) is 16.4 Å². The van der Waals surface area contributed by atoms with E-state index < -0.39 is 6.10 Å². The highest BCUT2D eigenvalue weighted by molar-refractivity contribution is 7.99. The summed E-state index contributed by atoms with van der Waals surface area (Å²) in [5.41, 5.74) is 0. The van der Waals surface area contributed by atoms with Crippen molar-refractivity contribution in [1.82, 2.24) is 14.8 Å². The van der Waals surface area contributed by atoms with Gasteiger partial charge in [0.2, 0.25) is 0 Å². The Balaban J connectivity index is 1.70. The fraction of sp³-hybridized carbons (Fsp3) is 0.357. The van der Waals surface area contributed by atoms with Crippen LogP contribution in [0.2, 0.25) is 0 Å². The third-order valence-electron chi connectivity index (χ3n) is 3.20. The Hall–Kier alpha value is -1.82. The van der Waals surface area contributed by atoms with Gasteiger partial charge in [-0.15, -0.1) is 11.8 Å². The average Bonchev–Trinajstić information content (AvgIpc) is 2.94. The second-order valence-electron chi connectivity index (χ2n) is 4.50. The average molecular weight is 289 g/mol. The Bertz CT molecular complexity index is 626. The molecule has 0 aliphatic carbocycles. The van der Waals surface area contributed by atoms with Crippen LogP contribution >= 0.6 is 11.8 Å². The first-order valence-electron chi connectivity index (χ1n) is 6.56. The van der Waals surface area contributed by atoms with Crippen LogP contribution in [0.4, 0.5) is 0 Å². The molecule has 6 heteroatoms. The molecule has 104 valence electrons. The van der Waals surface area contributed by atoms with Crippen LogP contribution < -0.4 is 4.74 Å². The number of aromatic nitrogens is 3. The highest BCUT2D eigenvalue weighted by Gasteiger charge is 2.27. The molecule has 0 amide bonds. The van der Waals surface area contributed by atoms with E-state index in [9.17, 15) is 4.79 Å². The number of ketones is 1. The van der Waals surface area contributed by atoms with Gasteiger partial charge in [-0.1, -0.05) is 12.1 Å². The summed E-state index contributed by atoms with van der Waals surface area (Å²) in [6.45, 7) is 2.69. The molecule has 1 unspecified atom stereocenters. The first-order chi connectivity index (χ1) is 9.78. The van der Waals surface area contributed by atoms with Crippen LogP contribution in [-0.4, -0.2) is 32.4 Å². The van der Waals surface area contributed by atoms with Crippen molar-refractivity contribution < 1.29 is 9.53 Å². The summed E-state index contributed by atoms with van der Waals surface area (Å²) in [5, 5.41) is 4.08. The summed E-state index contributed by atoms with van der Waals surface area (Å²) in [6.07, 6.45) is 1.34. The lowest BCUT2D eigenvalue weighted by atomic mass is 10.2. The van der Waals surface area contributed by atoms with E-state index in [0.29, 0.717) is 18.1 Å². The number of benzene rings is 1. The maximum Gasteiger partial charge on any atom is 0.181 e. The van der Waals surface area contributed by atoms with Crippen LogP contribution in [-0.2, 0) is 17.8 Å². The molecule has 2 aromatic rings. The SMILES string of the molecule is CCn1ncnc1CC(=O)C1CSc2ccccc2O1. The smallest absolute Gasteiger partial charge is 0.181 e. The number of thioether (sulfide) groups is 1. The summed E-state index contributed by atoms with van der Waals surface area (Å²) >= 11 is 1.66. The molecule has 1 aliphatic heterocycles. The first-order valence-corrected chi connectivity index (χ1v) is 7.54. The van der Waals surface area contributed by atoms with Gasteiger partial charge < -0.3 is 4.74 Å². The Labute approximate surface area is 121 Å². The lowest BCUT2D eigenvalue weighted by Gasteiger charge is -2.24. The summed E-state index contributed by atoms with van der Waals surface area (Å²) in [7, 11) is 0. The Morgan fingerprint density at radius 1 is 1.50 bits per heavy atom. The second kappa shape index (κ2) is 5.66. The van der Waals surface area contributed by atoms with Crippen LogP contribution in [0.3, 0.4) is 0 Å². The minimum atomic E-state index is -0.406. The number of Topliss-reactive ketones (excluding diaryl/α,β-unsaturated/α-hetero) is 1. The molecular weight excluding hydrogens is 274 g/mol. The van der Waals surface area contributed by atoms with Crippen LogP contribution in [0, 0.1) is 0 Å². The molecule has 5 nitrogen and oxygen atoms in total. The number of rotatable bonds is 4. The van der Waals surface area contributed by atoms with E-state index >= 15 is 0 Å². The minimum Gasteiger partial charge on any atom is -0.481 e. The maximum atomic E-state index is 12.3. The molecule has 0 fully saturated rings. The van der Waals surface area contributed by atoms with Gasteiger partial charge in [0.25, 0.3) is 0 Å². The Kier molecular flexibility index (Phi) is 3.73. The van der Waals surface area contributed by atoms with Crippen molar-refractivity contribution >= 4 is 17.5 Å². The van der Waals surface area contributed by atoms with Gasteiger partial charge in [0.15, 0.2) is 11.9 Å². The van der Waals surface area contributed by atoms with E-state index in [1.807, 2.05) is 31.2 Å². The summed E-state index contributed by atoms with van der Waals surface area (Å²) in [5.74, 6) is 2.19. The first kappa shape index (κ1) is 13.2. The van der Waals surface area contributed by atoms with E-state index in [1.165, 1.54) is 6.33 Å². The van der Waals surface area contributed by atoms with Gasteiger partial charge >= 0.3 is 0 Å². The van der Waals surface area contributed by atoms with E-state index in [4.69, 9.17) is 4.74 Å². The number of fused-ring (bicyclic) bond motifs is 1. The van der Waals surface area contributed by atoms with Crippen molar-refractivity contribution in [3.8, 4) is 5.75 Å². The molecule has 20 heavy (non-hydrogen) atoms. The van der Waals surface area contributed by atoms with Crippen molar-refractivity contribution in [3.05, 3.63) is 36.4 Å². The lowest BCUT2D eigenvalue weighted by Crippen LogP contribution is -2.34. The highest BCUT2D eigenvalue weighted by Crippen LogP contribution is 2.35. The van der Waals surface area contributed by atoms with Crippen LogP contribution in [0.15, 0.2) is 35.5 Å². The monoisotopic (exact) mass is 289 g/mol. The molecule has 1 atom stereocenters. The minimum absolute atomic E-state index is 0.0507. The van der Waals surface area contributed by atoms with Crippen molar-refractivity contribution in [2.24, 2.45) is 0 Å². The Morgan fingerprint density at radius 3 is 3.20 bits per heavy atom. The van der Waals surface area contributed by atoms with Crippen molar-refractivity contribution in [2.75, 3.05) is 5.75 Å². The normalized spacial score (nSPS) is 17.4. The van der Waals surface area contributed by atoms with Crippen LogP contribution in [0.1, 0.15) is 12.7 Å². The van der Waals surface area contributed by atoms with Gasteiger partial charge in [-0.3, -0.25) is 4.79 Å². The molecule has 0 saturated carbocycles. The predicted octanol–water partition coefficient (Wildman–Crippen LogP) is 1.96. The molecule has 0 saturated heterocycles. The van der Waals surface area contributed by atoms with Crippen molar-refractivity contribution in [2.45, 2.75) is 30.9 Å². The Morgan fingerprint density at radius 2 is 2.35 bits per heavy atom. The quantitative estimate of drug-likeness (QED) is 0.861. The summed E-state index contributed by atoms with van der Waals surface area (Å²) in [4.78, 5) is 17.5. The third-order valence-corrected chi connectivity index (χ3v) is 4.31. The number of carbonyl (C=O) groups excluding carboxylic acids is 1. The number of para-hydroxylation sites is 1. The molecule has 0 N–H and O–H groups in total. The second-order valence-corrected chi connectivity index (χ2v) is 5.56. The van der Waals surface area contributed by atoms with Gasteiger partial charge in [-0.05, 0) is 19.1 Å². The van der Waals surface area contributed by atoms with E-state index in [2.05, 4.69) is 10.1 Å². The van der Waals surface area contributed by atoms with Crippen LogP contribution in [0.25, 0.3) is 0 Å². The standard InChI is InChI=1S/C14H15N3O2S/c1-2-17-14(15-9-16-17)7-10(18)12-8-20-13-6-4-3-5-11(13)19-12/h3-6,9,12H,2,7-8H2,1H3. The molecule has 1 aromatic carbocycles. The molecule has 3 rings (SSSR count). The van der Waals surface area contributed by atoms with Gasteiger partial charge in [0.1, 0.15) is 17.9 Å². The zero-order chi connectivity index (χ0) is 13.9. The predicted molar refractivity (Wildman–Crippen MR) is 76.0 cm³/mol. The highest BCUT2D eigenvalue weighted by atomic mass is 32.2. The van der Waals surface area contributed by atoms with E-state index in [0.717, 1.165) is 10.6 Å². The van der Waals surface area contributed by atoms with Gasteiger partial charge in [-0.2, -0.15) is 5.10 Å². The number of aryl methyl sites for hydroxylation is 1. The summed E-state index contributed by atoms with van der Waals surface area (Å²) in [6, 6.07) is 7.80. The number of hydrogen-bond donors (Lipinski definition) is 0. The zero-order valence-electron chi connectivity index (χ0n) is 11.2. The van der Waals surface area contributed by atoms with Gasteiger partial charge in [0.05, 0.1) is 6.42 Å². The fourth-order valence-corrected chi connectivity index (χ4v) is 3.16. The fourth-order valence-electron chi connectivity index (χ4n) is 2.14. The molecule has 2 heterocycles. The third kappa shape index (κ3) is 2.56. The number of ether oxygens (including phenoxy) is 1. The molecular formula is C14H15N3O2S. The maximum absolute atomic E-state index is 12.3. The largest absolute Gasteiger partial charge is 0.481 e.